The van der Waals surface area contributed by atoms with Crippen LogP contribution in [0.4, 0.5) is 5.69 Å². The van der Waals surface area contributed by atoms with Crippen molar-refractivity contribution in [1.29, 1.82) is 0 Å². The van der Waals surface area contributed by atoms with Gasteiger partial charge in [0.25, 0.3) is 0 Å². The quantitative estimate of drug-likeness (QED) is 0.546. The molecule has 0 amide bonds. The van der Waals surface area contributed by atoms with Gasteiger partial charge in [-0.3, -0.25) is 0 Å². The molecule has 0 aromatic heterocycles. The average Bonchev–Trinajstić information content (AvgIpc) is 1.69. The Kier molecular flexibility index (Phi) is 3.34. The molecule has 0 fully saturated rings. The van der Waals surface area contributed by atoms with Crippen LogP contribution in [0, 0.1) is 0 Å². The second-order valence-electron chi connectivity index (χ2n) is 1.41. The molecule has 8 heavy (non-hydrogen) atoms. The van der Waals surface area contributed by atoms with Gasteiger partial charge in [0, 0.05) is 23.0 Å². The predicted octanol–water partition coefficient (Wildman–Crippen LogP) is 1.27. The number of benzene rings is 1. The van der Waals surface area contributed by atoms with Crippen molar-refractivity contribution in [2.75, 3.05) is 5.73 Å². The van der Waals surface area contributed by atoms with Crippen LogP contribution < -0.4 is 5.73 Å². The zero-order chi connectivity index (χ0) is 5.11. The van der Waals surface area contributed by atoms with Crippen LogP contribution >= 0.6 is 0 Å². The molecule has 0 radical (unpaired) electrons. The molecule has 0 bridgehead atoms. The van der Waals surface area contributed by atoms with Gasteiger partial charge in [-0.05, 0) is 12.1 Å². The van der Waals surface area contributed by atoms with Crippen molar-refractivity contribution < 1.29 is 17.4 Å². The maximum Gasteiger partial charge on any atom is 0.0313 e. The molecule has 0 unspecified atom stereocenters. The van der Waals surface area contributed by atoms with Gasteiger partial charge in [0.1, 0.15) is 0 Å². The Bertz CT molecular complexity index is 138. The minimum atomic E-state index is 0. The van der Waals surface area contributed by atoms with E-state index in [1.807, 2.05) is 30.3 Å². The third kappa shape index (κ3) is 2.02. The average molecular weight is 145 g/mol. The van der Waals surface area contributed by atoms with Gasteiger partial charge in [0.15, 0.2) is 0 Å². The van der Waals surface area contributed by atoms with E-state index < -0.39 is 0 Å². The van der Waals surface area contributed by atoms with Gasteiger partial charge in [-0.2, -0.15) is 0 Å². The molecule has 0 saturated carbocycles. The normalized spacial score (nSPS) is 7.50. The number of nitrogen functional groups attached to an aromatic ring is 1. The van der Waals surface area contributed by atoms with Gasteiger partial charge in [-0.25, -0.2) is 0 Å². The maximum atomic E-state index is 5.36. The van der Waals surface area contributed by atoms with Crippen LogP contribution in [-0.2, 0) is 17.4 Å². The SMILES string of the molecule is Nc1ccccc1.[Cr]. The van der Waals surface area contributed by atoms with E-state index in [1.165, 1.54) is 0 Å². The van der Waals surface area contributed by atoms with Crippen LogP contribution in [0.25, 0.3) is 0 Å². The van der Waals surface area contributed by atoms with Gasteiger partial charge < -0.3 is 5.73 Å². The standard InChI is InChI=1S/C6H7N.Cr/c7-6-4-2-1-3-5-6;/h1-5H,7H2;. The molecule has 1 rings (SSSR count). The minimum absolute atomic E-state index is 0. The fraction of sp³-hybridized carbons (Fsp3) is 0. The Hall–Kier alpha value is -0.448. The molecule has 1 nitrogen and oxygen atoms in total. The van der Waals surface area contributed by atoms with Crippen LogP contribution in [0.1, 0.15) is 0 Å². The smallest absolute Gasteiger partial charge is 0.0313 e. The van der Waals surface area contributed by atoms with E-state index >= 15 is 0 Å². The van der Waals surface area contributed by atoms with E-state index in [0.717, 1.165) is 5.69 Å². The summed E-state index contributed by atoms with van der Waals surface area (Å²) >= 11 is 0. The van der Waals surface area contributed by atoms with Gasteiger partial charge in [-0.15, -0.1) is 0 Å². The topological polar surface area (TPSA) is 26.0 Å². The monoisotopic (exact) mass is 145 g/mol. The predicted molar refractivity (Wildman–Crippen MR) is 30.9 cm³/mol. The van der Waals surface area contributed by atoms with E-state index in [-0.39, 0.29) is 17.4 Å². The van der Waals surface area contributed by atoms with Crippen molar-refractivity contribution in [3.8, 4) is 0 Å². The molecule has 0 heterocycles. The van der Waals surface area contributed by atoms with Crippen molar-refractivity contribution in [2.24, 2.45) is 0 Å². The van der Waals surface area contributed by atoms with Gasteiger partial charge >= 0.3 is 0 Å². The fourth-order valence-electron chi connectivity index (χ4n) is 0.453. The zero-order valence-electron chi connectivity index (χ0n) is 4.37. The molecule has 0 saturated heterocycles. The summed E-state index contributed by atoms with van der Waals surface area (Å²) in [5.41, 5.74) is 6.18. The Balaban J connectivity index is 0.000000490. The third-order valence-electron chi connectivity index (χ3n) is 0.800. The number of nitrogens with two attached hydrogens (primary N) is 1. The van der Waals surface area contributed by atoms with Crippen LogP contribution in [0.2, 0.25) is 0 Å². The number of rotatable bonds is 0. The van der Waals surface area contributed by atoms with Crippen LogP contribution in [0.15, 0.2) is 30.3 Å². The van der Waals surface area contributed by atoms with Gasteiger partial charge in [0.05, 0.1) is 0 Å². The molecule has 0 atom stereocenters. The molecule has 42 valence electrons. The van der Waals surface area contributed by atoms with Crippen LogP contribution in [0.3, 0.4) is 0 Å². The summed E-state index contributed by atoms with van der Waals surface area (Å²) in [4.78, 5) is 0. The minimum Gasteiger partial charge on any atom is -0.399 e. The second-order valence-corrected chi connectivity index (χ2v) is 1.41. The number of para-hydroxylation sites is 1. The van der Waals surface area contributed by atoms with Crippen LogP contribution in [0.5, 0.6) is 0 Å². The first-order chi connectivity index (χ1) is 3.39. The van der Waals surface area contributed by atoms with Gasteiger partial charge in [0.2, 0.25) is 0 Å². The first-order valence-corrected chi connectivity index (χ1v) is 2.20. The Morgan fingerprint density at radius 1 is 1.00 bits per heavy atom. The summed E-state index contributed by atoms with van der Waals surface area (Å²) < 4.78 is 0. The zero-order valence-corrected chi connectivity index (χ0v) is 5.65. The molecule has 1 aromatic rings. The van der Waals surface area contributed by atoms with E-state index in [4.69, 9.17) is 5.73 Å². The molecule has 0 aliphatic carbocycles. The van der Waals surface area contributed by atoms with E-state index in [9.17, 15) is 0 Å². The van der Waals surface area contributed by atoms with E-state index in [0.29, 0.717) is 0 Å². The largest absolute Gasteiger partial charge is 0.399 e. The van der Waals surface area contributed by atoms with Crippen molar-refractivity contribution in [1.82, 2.24) is 0 Å². The van der Waals surface area contributed by atoms with Gasteiger partial charge in [-0.1, -0.05) is 18.2 Å². The summed E-state index contributed by atoms with van der Waals surface area (Å²) in [5, 5.41) is 0. The third-order valence-corrected chi connectivity index (χ3v) is 0.800. The summed E-state index contributed by atoms with van der Waals surface area (Å²) in [6.45, 7) is 0. The Labute approximate surface area is 59.6 Å². The van der Waals surface area contributed by atoms with Crippen molar-refractivity contribution in [3.05, 3.63) is 30.3 Å². The summed E-state index contributed by atoms with van der Waals surface area (Å²) in [6.07, 6.45) is 0. The maximum absolute atomic E-state index is 5.36. The Morgan fingerprint density at radius 3 is 1.75 bits per heavy atom. The first kappa shape index (κ1) is 7.55. The van der Waals surface area contributed by atoms with Crippen molar-refractivity contribution in [2.45, 2.75) is 0 Å². The molecular formula is C6H7CrN. The molecule has 0 aliphatic rings. The fourth-order valence-corrected chi connectivity index (χ4v) is 0.453. The number of hydrogen-bond acceptors (Lipinski definition) is 1. The van der Waals surface area contributed by atoms with E-state index in [2.05, 4.69) is 0 Å². The Morgan fingerprint density at radius 2 is 1.50 bits per heavy atom. The summed E-state index contributed by atoms with van der Waals surface area (Å²) in [7, 11) is 0. The summed E-state index contributed by atoms with van der Waals surface area (Å²) in [5.74, 6) is 0. The first-order valence-electron chi connectivity index (χ1n) is 2.20. The molecule has 2 N–H and O–H groups in total. The van der Waals surface area contributed by atoms with Crippen molar-refractivity contribution >= 4 is 5.69 Å². The molecular weight excluding hydrogens is 138 g/mol. The second kappa shape index (κ2) is 3.54. The van der Waals surface area contributed by atoms with Crippen LogP contribution in [-0.4, -0.2) is 0 Å². The van der Waals surface area contributed by atoms with Crippen molar-refractivity contribution in [3.63, 3.8) is 0 Å². The number of hydrogen-bond donors (Lipinski definition) is 1. The number of anilines is 1. The molecule has 0 aliphatic heterocycles. The molecule has 0 spiro atoms. The van der Waals surface area contributed by atoms with E-state index in [1.54, 1.807) is 0 Å². The molecule has 2 heteroatoms. The summed E-state index contributed by atoms with van der Waals surface area (Å²) in [6, 6.07) is 9.49. The molecule has 1 aromatic carbocycles.